The van der Waals surface area contributed by atoms with Gasteiger partial charge in [-0.05, 0) is 40.3 Å². The molecule has 202 valence electrons. The van der Waals surface area contributed by atoms with Crippen molar-refractivity contribution in [1.29, 1.82) is 0 Å². The molecule has 0 rings (SSSR count). The van der Waals surface area contributed by atoms with Gasteiger partial charge >= 0.3 is 32.4 Å². The molecule has 0 amide bonds. The molecular weight excluding hydrogens is 488 g/mol. The van der Waals surface area contributed by atoms with Gasteiger partial charge in [-0.2, -0.15) is 0 Å². The Hall–Kier alpha value is -3.02. The van der Waals surface area contributed by atoms with E-state index < -0.39 is 44.6 Å². The minimum absolute atomic E-state index is 0.193. The van der Waals surface area contributed by atoms with E-state index in [1.165, 1.54) is 27.7 Å². The molecule has 0 fully saturated rings. The predicted octanol–water partition coefficient (Wildman–Crippen LogP) is 3.33. The third-order valence-electron chi connectivity index (χ3n) is 4.47. The highest BCUT2D eigenvalue weighted by molar-refractivity contribution is 6.66. The van der Waals surface area contributed by atoms with Crippen LogP contribution in [0.4, 0.5) is 0 Å². The highest BCUT2D eigenvalue weighted by atomic mass is 28.4. The maximum Gasteiger partial charge on any atom is 0.335 e. The Kier molecular flexibility index (Phi) is 14.5. The summed E-state index contributed by atoms with van der Waals surface area (Å²) in [7, 11) is -3.10. The van der Waals surface area contributed by atoms with Crippen LogP contribution in [0.2, 0.25) is 12.6 Å². The van der Waals surface area contributed by atoms with Gasteiger partial charge in [0.2, 0.25) is 0 Å². The number of rotatable bonds is 17. The van der Waals surface area contributed by atoms with Gasteiger partial charge in [0, 0.05) is 22.3 Å². The van der Waals surface area contributed by atoms with Crippen LogP contribution in [0.25, 0.3) is 0 Å². The van der Waals surface area contributed by atoms with Crippen LogP contribution in [0.15, 0.2) is 48.6 Å². The average molecular weight is 527 g/mol. The lowest BCUT2D eigenvalue weighted by Gasteiger charge is -2.33. The molecule has 0 spiro atoms. The quantitative estimate of drug-likeness (QED) is 0.121. The molecule has 0 aromatic rings. The molecule has 0 N–H and O–H groups in total. The molecule has 0 saturated carbocycles. The van der Waals surface area contributed by atoms with Gasteiger partial charge in [0.1, 0.15) is 38.6 Å². The van der Waals surface area contributed by atoms with Crippen LogP contribution in [-0.2, 0) is 47.0 Å². The van der Waals surface area contributed by atoms with Crippen molar-refractivity contribution >= 4 is 32.4 Å². The van der Waals surface area contributed by atoms with E-state index >= 15 is 0 Å². The van der Waals surface area contributed by atoms with Gasteiger partial charge in [0.25, 0.3) is 0 Å². The zero-order valence-corrected chi connectivity index (χ0v) is 23.1. The average Bonchev–Trinajstić information content (AvgIpc) is 2.80. The molecular formula is C25H38O10Si. The van der Waals surface area contributed by atoms with Crippen molar-refractivity contribution in [3.05, 3.63) is 48.6 Å². The summed E-state index contributed by atoms with van der Waals surface area (Å²) in [5.74, 6) is -2.53. The minimum atomic E-state index is -3.10. The maximum absolute atomic E-state index is 11.9. The summed E-state index contributed by atoms with van der Waals surface area (Å²) in [4.78, 5) is 47.5. The fraction of sp³-hybridized carbons (Fsp3) is 0.520. The third kappa shape index (κ3) is 13.2. The Bertz CT molecular complexity index is 750. The molecule has 0 aromatic carbocycles. The third-order valence-corrected chi connectivity index (χ3v) is 7.42. The van der Waals surface area contributed by atoms with Gasteiger partial charge in [-0.1, -0.05) is 33.2 Å². The van der Waals surface area contributed by atoms with Crippen LogP contribution in [0.5, 0.6) is 0 Å². The Morgan fingerprint density at radius 3 is 0.972 bits per heavy atom. The Labute approximate surface area is 214 Å². The number of carbonyl (C=O) groups excluding carboxylic acids is 4. The second kappa shape index (κ2) is 15.9. The molecule has 0 aliphatic carbocycles. The maximum atomic E-state index is 11.9. The van der Waals surface area contributed by atoms with Gasteiger partial charge in [-0.15, -0.1) is 0 Å². The first-order valence-electron chi connectivity index (χ1n) is 11.3. The van der Waals surface area contributed by atoms with Crippen molar-refractivity contribution in [2.24, 2.45) is 0 Å². The Morgan fingerprint density at radius 1 is 0.583 bits per heavy atom. The summed E-state index contributed by atoms with van der Waals surface area (Å²) in [6, 6.07) is 0.408. The predicted molar refractivity (Wildman–Crippen MR) is 135 cm³/mol. The van der Waals surface area contributed by atoms with Crippen LogP contribution in [0.3, 0.4) is 0 Å². The van der Waals surface area contributed by atoms with Gasteiger partial charge in [0.15, 0.2) is 0 Å². The minimum Gasteiger partial charge on any atom is -0.459 e. The number of hydrogen-bond donors (Lipinski definition) is 0. The fourth-order valence-corrected chi connectivity index (χ4v) is 4.37. The summed E-state index contributed by atoms with van der Waals surface area (Å²) in [5.41, 5.74) is 0.771. The lowest BCUT2D eigenvalue weighted by atomic mass is 10.3. The van der Waals surface area contributed by atoms with Crippen molar-refractivity contribution in [2.75, 3.05) is 26.4 Å². The lowest BCUT2D eigenvalue weighted by Crippen LogP contribution is -2.49. The fourth-order valence-electron chi connectivity index (χ4n) is 2.30. The zero-order valence-electron chi connectivity index (χ0n) is 22.1. The van der Waals surface area contributed by atoms with E-state index in [1.54, 1.807) is 6.55 Å². The highest BCUT2D eigenvalue weighted by Gasteiger charge is 2.37. The largest absolute Gasteiger partial charge is 0.459 e. The van der Waals surface area contributed by atoms with Crippen LogP contribution >= 0.6 is 0 Å². The molecule has 36 heavy (non-hydrogen) atoms. The number of ether oxygens (including phenoxy) is 4. The van der Waals surface area contributed by atoms with Crippen molar-refractivity contribution in [1.82, 2.24) is 0 Å². The van der Waals surface area contributed by atoms with E-state index in [0.29, 0.717) is 6.04 Å². The molecule has 0 saturated heterocycles. The molecule has 0 bridgehead atoms. The van der Waals surface area contributed by atoms with E-state index in [4.69, 9.17) is 27.8 Å². The SMILES string of the molecule is C=C(C)C(=O)OCC(COC(=O)C(=C)C)O[Si](C)(CC)OC(COC(=O)C(=C)C)COC(=O)C(=C)C. The zero-order chi connectivity index (χ0) is 28.1. The molecule has 0 radical (unpaired) electrons. The molecule has 0 heterocycles. The van der Waals surface area contributed by atoms with Crippen molar-refractivity contribution in [3.8, 4) is 0 Å². The Morgan fingerprint density at radius 2 is 0.806 bits per heavy atom. The highest BCUT2D eigenvalue weighted by Crippen LogP contribution is 2.20. The van der Waals surface area contributed by atoms with E-state index in [-0.39, 0.29) is 48.7 Å². The normalized spacial score (nSPS) is 11.0. The lowest BCUT2D eigenvalue weighted by molar-refractivity contribution is -0.148. The van der Waals surface area contributed by atoms with Crippen LogP contribution in [-0.4, -0.2) is 71.1 Å². The smallest absolute Gasteiger partial charge is 0.335 e. The number of hydrogen-bond acceptors (Lipinski definition) is 10. The molecule has 10 nitrogen and oxygen atoms in total. The van der Waals surface area contributed by atoms with E-state index in [9.17, 15) is 19.2 Å². The van der Waals surface area contributed by atoms with Gasteiger partial charge in [-0.25, -0.2) is 19.2 Å². The van der Waals surface area contributed by atoms with E-state index in [0.717, 1.165) is 0 Å². The summed E-state index contributed by atoms with van der Waals surface area (Å²) in [5, 5.41) is 0. The summed E-state index contributed by atoms with van der Waals surface area (Å²) in [6.45, 7) is 22.7. The second-order valence-corrected chi connectivity index (χ2v) is 11.9. The first-order chi connectivity index (χ1) is 16.6. The summed E-state index contributed by atoms with van der Waals surface area (Å²) in [6.07, 6.45) is -1.74. The molecule has 0 unspecified atom stereocenters. The van der Waals surface area contributed by atoms with Crippen molar-refractivity contribution < 1.29 is 47.0 Å². The number of esters is 4. The summed E-state index contributed by atoms with van der Waals surface area (Å²) < 4.78 is 33.1. The molecule has 0 aliphatic rings. The number of carbonyl (C=O) groups is 4. The van der Waals surface area contributed by atoms with E-state index in [2.05, 4.69) is 26.3 Å². The van der Waals surface area contributed by atoms with Crippen LogP contribution in [0, 0.1) is 0 Å². The molecule has 0 aliphatic heterocycles. The topological polar surface area (TPSA) is 124 Å². The van der Waals surface area contributed by atoms with Crippen LogP contribution in [0.1, 0.15) is 34.6 Å². The van der Waals surface area contributed by atoms with E-state index in [1.807, 2.05) is 6.92 Å². The first-order valence-corrected chi connectivity index (χ1v) is 13.8. The molecule has 0 aromatic heterocycles. The second-order valence-electron chi connectivity index (χ2n) is 8.48. The van der Waals surface area contributed by atoms with Crippen molar-refractivity contribution in [2.45, 2.75) is 59.4 Å². The monoisotopic (exact) mass is 526 g/mol. The van der Waals surface area contributed by atoms with Crippen LogP contribution < -0.4 is 0 Å². The van der Waals surface area contributed by atoms with Crippen molar-refractivity contribution in [3.63, 3.8) is 0 Å². The van der Waals surface area contributed by atoms with Gasteiger partial charge < -0.3 is 27.8 Å². The standard InChI is InChI=1S/C25H38O10Si/c1-11-36(10,34-20(12-30-22(26)16(2)3)13-31-23(27)17(4)5)35-21(14-32-24(28)18(6)7)15-33-25(29)19(8)9/h20-21H,2,4,6,8,11-15H2,1,3,5,7,9-10H3. The van der Waals surface area contributed by atoms with Gasteiger partial charge in [0.05, 0.1) is 0 Å². The molecule has 0 atom stereocenters. The Balaban J connectivity index is 5.64. The van der Waals surface area contributed by atoms with Gasteiger partial charge in [-0.3, -0.25) is 0 Å². The molecule has 11 heteroatoms. The summed E-state index contributed by atoms with van der Waals surface area (Å²) >= 11 is 0. The first kappa shape index (κ1) is 33.0.